The second kappa shape index (κ2) is 11.2. The number of carbonyl (C=O) groups is 4. The molecular formula is C26H30N4O5. The van der Waals surface area contributed by atoms with Gasteiger partial charge in [0.25, 0.3) is 5.91 Å². The zero-order valence-electron chi connectivity index (χ0n) is 19.8. The van der Waals surface area contributed by atoms with Crippen LogP contribution in [0.15, 0.2) is 42.5 Å². The van der Waals surface area contributed by atoms with Crippen LogP contribution in [-0.2, 0) is 38.5 Å². The summed E-state index contributed by atoms with van der Waals surface area (Å²) in [5.41, 5.74) is 3.96. The average Bonchev–Trinajstić information content (AvgIpc) is 3.15. The summed E-state index contributed by atoms with van der Waals surface area (Å²) in [6.07, 6.45) is 1.51. The van der Waals surface area contributed by atoms with Crippen LogP contribution in [0.4, 0.5) is 5.69 Å². The Bertz CT molecular complexity index is 1120. The first-order chi connectivity index (χ1) is 16.9. The van der Waals surface area contributed by atoms with Gasteiger partial charge in [0.1, 0.15) is 6.04 Å². The molecule has 9 nitrogen and oxygen atoms in total. The number of rotatable bonds is 10. The van der Waals surface area contributed by atoms with E-state index >= 15 is 0 Å². The van der Waals surface area contributed by atoms with E-state index in [4.69, 9.17) is 4.74 Å². The topological polar surface area (TPSA) is 117 Å². The van der Waals surface area contributed by atoms with Crippen LogP contribution in [0.3, 0.4) is 0 Å². The van der Waals surface area contributed by atoms with Crippen LogP contribution in [0.25, 0.3) is 0 Å². The molecule has 1 atom stereocenters. The molecule has 0 aliphatic carbocycles. The van der Waals surface area contributed by atoms with E-state index in [2.05, 4.69) is 16.0 Å². The number of benzene rings is 2. The molecule has 35 heavy (non-hydrogen) atoms. The summed E-state index contributed by atoms with van der Waals surface area (Å²) in [7, 11) is 1.89. The van der Waals surface area contributed by atoms with Crippen molar-refractivity contribution in [3.8, 4) is 0 Å². The minimum absolute atomic E-state index is 0.153. The minimum Gasteiger partial charge on any atom is -0.380 e. The molecule has 0 bridgehead atoms. The molecular weight excluding hydrogens is 448 g/mol. The number of nitrogens with zero attached hydrogens (tertiary/aromatic N) is 1. The van der Waals surface area contributed by atoms with E-state index in [1.54, 1.807) is 12.1 Å². The summed E-state index contributed by atoms with van der Waals surface area (Å²) in [6.45, 7) is 2.44. The van der Waals surface area contributed by atoms with E-state index < -0.39 is 11.9 Å². The Hall–Kier alpha value is -3.56. The molecule has 9 heteroatoms. The van der Waals surface area contributed by atoms with Crippen molar-refractivity contribution in [3.63, 3.8) is 0 Å². The summed E-state index contributed by atoms with van der Waals surface area (Å²) >= 11 is 0. The summed E-state index contributed by atoms with van der Waals surface area (Å²) in [6, 6.07) is 12.4. The number of likely N-dealkylation sites (N-methyl/N-ethyl adjacent to an activating group) is 1. The fraction of sp³-hybridized carbons (Fsp3) is 0.385. The van der Waals surface area contributed by atoms with Crippen molar-refractivity contribution in [3.05, 3.63) is 64.7 Å². The van der Waals surface area contributed by atoms with E-state index in [9.17, 15) is 19.2 Å². The number of hydrogen-bond acceptors (Lipinski definition) is 6. The minimum atomic E-state index is -0.651. The van der Waals surface area contributed by atoms with Gasteiger partial charge in [0.2, 0.25) is 17.7 Å². The predicted molar refractivity (Wildman–Crippen MR) is 130 cm³/mol. The molecule has 2 aliphatic heterocycles. The SMILES string of the molecule is CNCCOCCc1ccc(NC(=O)Cc2ccc3c(c2)CN(C2CCC(=O)NC2=O)C3=O)cc1. The van der Waals surface area contributed by atoms with Gasteiger partial charge in [-0.05, 0) is 54.8 Å². The van der Waals surface area contributed by atoms with Crippen molar-refractivity contribution in [2.24, 2.45) is 0 Å². The summed E-state index contributed by atoms with van der Waals surface area (Å²) in [5, 5.41) is 8.24. The van der Waals surface area contributed by atoms with Gasteiger partial charge in [-0.15, -0.1) is 0 Å². The first-order valence-corrected chi connectivity index (χ1v) is 11.8. The normalized spacial score (nSPS) is 17.3. The first-order valence-electron chi connectivity index (χ1n) is 11.8. The number of piperidine rings is 1. The van der Waals surface area contributed by atoms with E-state index in [-0.39, 0.29) is 37.1 Å². The van der Waals surface area contributed by atoms with Crippen molar-refractivity contribution in [2.45, 2.75) is 38.3 Å². The Kier molecular flexibility index (Phi) is 7.89. The highest BCUT2D eigenvalue weighted by Crippen LogP contribution is 2.28. The molecule has 2 aromatic rings. The van der Waals surface area contributed by atoms with Crippen molar-refractivity contribution in [1.82, 2.24) is 15.5 Å². The number of imide groups is 1. The summed E-state index contributed by atoms with van der Waals surface area (Å²) in [5.74, 6) is -1.13. The second-order valence-corrected chi connectivity index (χ2v) is 8.78. The van der Waals surface area contributed by atoms with Crippen LogP contribution < -0.4 is 16.0 Å². The molecule has 4 rings (SSSR count). The summed E-state index contributed by atoms with van der Waals surface area (Å²) in [4.78, 5) is 50.5. The maximum absolute atomic E-state index is 12.8. The third-order valence-electron chi connectivity index (χ3n) is 6.22. The number of ether oxygens (including phenoxy) is 1. The molecule has 0 saturated carbocycles. The van der Waals surface area contributed by atoms with Gasteiger partial charge in [0, 0.05) is 30.8 Å². The van der Waals surface area contributed by atoms with Crippen molar-refractivity contribution in [2.75, 3.05) is 32.1 Å². The lowest BCUT2D eigenvalue weighted by Gasteiger charge is -2.29. The summed E-state index contributed by atoms with van der Waals surface area (Å²) < 4.78 is 5.54. The van der Waals surface area contributed by atoms with E-state index in [0.717, 1.165) is 35.3 Å². The molecule has 1 fully saturated rings. The van der Waals surface area contributed by atoms with Crippen molar-refractivity contribution < 1.29 is 23.9 Å². The fourth-order valence-electron chi connectivity index (χ4n) is 4.35. The molecule has 184 valence electrons. The van der Waals surface area contributed by atoms with Crippen molar-refractivity contribution >= 4 is 29.3 Å². The van der Waals surface area contributed by atoms with E-state index in [1.807, 2.05) is 37.4 Å². The van der Waals surface area contributed by atoms with E-state index in [0.29, 0.717) is 25.2 Å². The molecule has 4 amide bonds. The lowest BCUT2D eigenvalue weighted by Crippen LogP contribution is -2.52. The van der Waals surface area contributed by atoms with E-state index in [1.165, 1.54) is 4.90 Å². The van der Waals surface area contributed by atoms with Crippen LogP contribution in [-0.4, -0.2) is 61.4 Å². The van der Waals surface area contributed by atoms with Gasteiger partial charge in [-0.1, -0.05) is 24.3 Å². The Balaban J connectivity index is 1.30. The Morgan fingerprint density at radius 1 is 1.09 bits per heavy atom. The van der Waals surface area contributed by atoms with Gasteiger partial charge < -0.3 is 20.3 Å². The largest absolute Gasteiger partial charge is 0.380 e. The highest BCUT2D eigenvalue weighted by Gasteiger charge is 2.39. The molecule has 2 aromatic carbocycles. The third-order valence-corrected chi connectivity index (χ3v) is 6.22. The molecule has 0 aromatic heterocycles. The Morgan fingerprint density at radius 3 is 2.60 bits per heavy atom. The Morgan fingerprint density at radius 2 is 1.86 bits per heavy atom. The quantitative estimate of drug-likeness (QED) is 0.351. The highest BCUT2D eigenvalue weighted by molar-refractivity contribution is 6.05. The molecule has 1 saturated heterocycles. The average molecular weight is 479 g/mol. The van der Waals surface area contributed by atoms with Gasteiger partial charge in [-0.25, -0.2) is 0 Å². The van der Waals surface area contributed by atoms with Crippen LogP contribution in [0.1, 0.15) is 39.9 Å². The maximum atomic E-state index is 12.8. The third kappa shape index (κ3) is 6.12. The zero-order chi connectivity index (χ0) is 24.8. The fourth-order valence-corrected chi connectivity index (χ4v) is 4.35. The van der Waals surface area contributed by atoms with Gasteiger partial charge in [-0.2, -0.15) is 0 Å². The monoisotopic (exact) mass is 478 g/mol. The van der Waals surface area contributed by atoms with Crippen LogP contribution in [0.5, 0.6) is 0 Å². The predicted octanol–water partition coefficient (Wildman–Crippen LogP) is 1.41. The molecule has 0 radical (unpaired) electrons. The van der Waals surface area contributed by atoms with Crippen LogP contribution >= 0.6 is 0 Å². The van der Waals surface area contributed by atoms with Crippen molar-refractivity contribution in [1.29, 1.82) is 0 Å². The first kappa shape index (κ1) is 24.6. The highest BCUT2D eigenvalue weighted by atomic mass is 16.5. The van der Waals surface area contributed by atoms with Crippen LogP contribution in [0, 0.1) is 0 Å². The lowest BCUT2D eigenvalue weighted by atomic mass is 10.0. The molecule has 2 heterocycles. The molecule has 0 spiro atoms. The maximum Gasteiger partial charge on any atom is 0.255 e. The van der Waals surface area contributed by atoms with Gasteiger partial charge in [0.05, 0.1) is 19.6 Å². The molecule has 1 unspecified atom stereocenters. The number of carbonyl (C=O) groups excluding carboxylic acids is 4. The number of amides is 4. The van der Waals surface area contributed by atoms with Crippen LogP contribution in [0.2, 0.25) is 0 Å². The second-order valence-electron chi connectivity index (χ2n) is 8.78. The Labute approximate surface area is 204 Å². The number of anilines is 1. The van der Waals surface area contributed by atoms with Gasteiger partial charge in [-0.3, -0.25) is 24.5 Å². The lowest BCUT2D eigenvalue weighted by molar-refractivity contribution is -0.137. The number of nitrogens with one attached hydrogen (secondary N) is 3. The van der Waals surface area contributed by atoms with Gasteiger partial charge in [0.15, 0.2) is 0 Å². The molecule has 2 aliphatic rings. The standard InChI is InChI=1S/C26H30N4O5/c1-27-11-13-35-12-10-17-2-5-20(6-3-17)28-24(32)15-18-4-7-21-19(14-18)16-30(26(21)34)22-8-9-23(31)29-25(22)33/h2-7,14,22,27H,8-13,15-16H2,1H3,(H,28,32)(H,29,31,33). The number of fused-ring (bicyclic) bond motifs is 1. The molecule has 3 N–H and O–H groups in total. The zero-order valence-corrected chi connectivity index (χ0v) is 19.8. The number of hydrogen-bond donors (Lipinski definition) is 3. The van der Waals surface area contributed by atoms with Gasteiger partial charge >= 0.3 is 0 Å². The smallest absolute Gasteiger partial charge is 0.255 e.